The molecule has 0 aliphatic carbocycles. The highest BCUT2D eigenvalue weighted by Gasteiger charge is 2.36. The minimum absolute atomic E-state index is 0.157. The fraction of sp³-hybridized carbons (Fsp3) is 0.200. The summed E-state index contributed by atoms with van der Waals surface area (Å²) in [5.41, 5.74) is -1.43. The zero-order chi connectivity index (χ0) is 19.6. The van der Waals surface area contributed by atoms with Gasteiger partial charge in [-0.3, -0.25) is 14.3 Å². The summed E-state index contributed by atoms with van der Waals surface area (Å²) in [6, 6.07) is 5.71. The van der Waals surface area contributed by atoms with Crippen LogP contribution in [0, 0.1) is 10.1 Å². The average Bonchev–Trinajstić information content (AvgIpc) is 2.48. The third kappa shape index (κ3) is 4.87. The summed E-state index contributed by atoms with van der Waals surface area (Å²) in [6.45, 7) is 0. The van der Waals surface area contributed by atoms with E-state index < -0.39 is 38.2 Å². The summed E-state index contributed by atoms with van der Waals surface area (Å²) in [4.78, 5) is 10.2. The molecule has 2 rings (SSSR count). The van der Waals surface area contributed by atoms with Gasteiger partial charge >= 0.3 is 6.18 Å². The second-order valence-electron chi connectivity index (χ2n) is 5.25. The molecule has 11 heteroatoms. The Kier molecular flexibility index (Phi) is 6.15. The summed E-state index contributed by atoms with van der Waals surface area (Å²) in [7, 11) is -1.18. The molecule has 0 spiro atoms. The van der Waals surface area contributed by atoms with E-state index in [9.17, 15) is 27.5 Å². The van der Waals surface area contributed by atoms with Crippen molar-refractivity contribution < 1.29 is 22.3 Å². The lowest BCUT2D eigenvalue weighted by atomic mass is 10.1. The molecule has 0 aromatic heterocycles. The number of alkyl halides is 3. The molecule has 0 saturated heterocycles. The van der Waals surface area contributed by atoms with Crippen molar-refractivity contribution in [3.8, 4) is 0 Å². The van der Waals surface area contributed by atoms with Crippen LogP contribution in [0.4, 0.5) is 30.2 Å². The van der Waals surface area contributed by atoms with Gasteiger partial charge < -0.3 is 5.32 Å². The standard InChI is InChI=1S/C15H11Cl2F3N2O3S/c1-26(25)7-8-4-9(2-3-11(8)16)21-13-6-12(17)10(15(18,19)20)5-14(13)22(23)24/h2-6,21H,7H2,1H3. The van der Waals surface area contributed by atoms with Crippen molar-refractivity contribution in [3.05, 3.63) is 61.6 Å². The Hall–Kier alpha value is -1.84. The number of nitro groups is 1. The topological polar surface area (TPSA) is 72.2 Å². The molecule has 0 fully saturated rings. The highest BCUT2D eigenvalue weighted by molar-refractivity contribution is 7.83. The van der Waals surface area contributed by atoms with E-state index >= 15 is 0 Å². The maximum absolute atomic E-state index is 12.9. The van der Waals surface area contributed by atoms with Crippen LogP contribution in [0.3, 0.4) is 0 Å². The van der Waals surface area contributed by atoms with Crippen molar-refractivity contribution in [3.63, 3.8) is 0 Å². The fourth-order valence-corrected chi connectivity index (χ4v) is 3.38. The number of hydrogen-bond acceptors (Lipinski definition) is 4. The van der Waals surface area contributed by atoms with Crippen LogP contribution in [-0.4, -0.2) is 15.4 Å². The number of nitrogens with zero attached hydrogens (tertiary/aromatic N) is 1. The average molecular weight is 427 g/mol. The fourth-order valence-electron chi connectivity index (χ4n) is 2.17. The SMILES string of the molecule is CS(=O)Cc1cc(Nc2cc(Cl)c(C(F)(F)F)cc2[N+](=O)[O-])ccc1Cl. The van der Waals surface area contributed by atoms with Gasteiger partial charge in [-0.25, -0.2) is 0 Å². The molecule has 0 heterocycles. The molecular weight excluding hydrogens is 416 g/mol. The van der Waals surface area contributed by atoms with Gasteiger partial charge in [-0.15, -0.1) is 0 Å². The lowest BCUT2D eigenvalue weighted by molar-refractivity contribution is -0.384. The van der Waals surface area contributed by atoms with Crippen LogP contribution in [0.5, 0.6) is 0 Å². The predicted molar refractivity (Wildman–Crippen MR) is 95.6 cm³/mol. The van der Waals surface area contributed by atoms with E-state index in [2.05, 4.69) is 5.32 Å². The Balaban J connectivity index is 2.48. The molecule has 0 bridgehead atoms. The second-order valence-corrected chi connectivity index (χ2v) is 7.50. The number of anilines is 2. The normalized spacial score (nSPS) is 12.7. The Labute approximate surface area is 158 Å². The molecule has 1 unspecified atom stereocenters. The van der Waals surface area contributed by atoms with E-state index in [4.69, 9.17) is 23.2 Å². The highest BCUT2D eigenvalue weighted by Crippen LogP contribution is 2.41. The van der Waals surface area contributed by atoms with Gasteiger partial charge in [-0.05, 0) is 29.8 Å². The Morgan fingerprint density at radius 3 is 2.38 bits per heavy atom. The molecule has 0 aliphatic heterocycles. The summed E-state index contributed by atoms with van der Waals surface area (Å²) in [6.07, 6.45) is -3.34. The van der Waals surface area contributed by atoms with Crippen LogP contribution in [0.1, 0.15) is 11.1 Å². The van der Waals surface area contributed by atoms with Crippen LogP contribution < -0.4 is 5.32 Å². The molecule has 0 amide bonds. The highest BCUT2D eigenvalue weighted by atomic mass is 35.5. The van der Waals surface area contributed by atoms with Gasteiger partial charge in [0, 0.05) is 39.6 Å². The van der Waals surface area contributed by atoms with Crippen LogP contribution in [0.25, 0.3) is 0 Å². The molecular formula is C15H11Cl2F3N2O3S. The minimum atomic E-state index is -4.82. The van der Waals surface area contributed by atoms with Crippen LogP contribution in [0.15, 0.2) is 30.3 Å². The number of benzene rings is 2. The van der Waals surface area contributed by atoms with Crippen molar-refractivity contribution in [1.82, 2.24) is 0 Å². The van der Waals surface area contributed by atoms with Crippen molar-refractivity contribution >= 4 is 51.1 Å². The first kappa shape index (κ1) is 20.5. The molecule has 2 aromatic carbocycles. The molecule has 5 nitrogen and oxygen atoms in total. The number of rotatable bonds is 5. The van der Waals surface area contributed by atoms with Crippen LogP contribution in [-0.2, 0) is 22.7 Å². The van der Waals surface area contributed by atoms with Crippen molar-refractivity contribution in [2.24, 2.45) is 0 Å². The van der Waals surface area contributed by atoms with Gasteiger partial charge in [0.1, 0.15) is 5.69 Å². The maximum Gasteiger partial charge on any atom is 0.418 e. The Morgan fingerprint density at radius 2 is 1.85 bits per heavy atom. The third-order valence-corrected chi connectivity index (χ3v) is 4.67. The minimum Gasteiger partial charge on any atom is -0.350 e. The number of nitro benzene ring substituents is 1. The maximum atomic E-state index is 12.9. The van der Waals surface area contributed by atoms with E-state index in [-0.39, 0.29) is 11.4 Å². The summed E-state index contributed by atoms with van der Waals surface area (Å²) >= 11 is 11.6. The van der Waals surface area contributed by atoms with Gasteiger partial charge in [0.2, 0.25) is 0 Å². The van der Waals surface area contributed by atoms with E-state index in [1.54, 1.807) is 0 Å². The van der Waals surface area contributed by atoms with Gasteiger partial charge in [-0.1, -0.05) is 23.2 Å². The molecule has 0 saturated carbocycles. The molecule has 140 valence electrons. The monoisotopic (exact) mass is 426 g/mol. The number of halogens is 5. The zero-order valence-electron chi connectivity index (χ0n) is 13.1. The number of nitrogens with one attached hydrogen (secondary N) is 1. The number of hydrogen-bond donors (Lipinski definition) is 1. The van der Waals surface area contributed by atoms with Crippen LogP contribution >= 0.6 is 23.2 Å². The third-order valence-electron chi connectivity index (χ3n) is 3.27. The molecule has 1 atom stereocenters. The van der Waals surface area contributed by atoms with Gasteiger partial charge in [0.25, 0.3) is 5.69 Å². The van der Waals surface area contributed by atoms with Crippen molar-refractivity contribution in [2.45, 2.75) is 11.9 Å². The first-order valence-electron chi connectivity index (χ1n) is 6.89. The lowest BCUT2D eigenvalue weighted by Crippen LogP contribution is -2.08. The second kappa shape index (κ2) is 7.81. The predicted octanol–water partition coefficient (Wildman–Crippen LogP) is 5.54. The zero-order valence-corrected chi connectivity index (χ0v) is 15.4. The molecule has 0 aliphatic rings. The van der Waals surface area contributed by atoms with Gasteiger partial charge in [0.15, 0.2) is 0 Å². The molecule has 0 radical (unpaired) electrons. The Bertz CT molecular complexity index is 891. The summed E-state index contributed by atoms with van der Waals surface area (Å²) in [5, 5.41) is 13.5. The van der Waals surface area contributed by atoms with E-state index in [1.165, 1.54) is 24.5 Å². The van der Waals surface area contributed by atoms with Gasteiger partial charge in [-0.2, -0.15) is 13.2 Å². The Morgan fingerprint density at radius 1 is 1.19 bits per heavy atom. The van der Waals surface area contributed by atoms with E-state index in [0.717, 1.165) is 6.07 Å². The van der Waals surface area contributed by atoms with E-state index in [1.807, 2.05) is 0 Å². The smallest absolute Gasteiger partial charge is 0.350 e. The largest absolute Gasteiger partial charge is 0.418 e. The van der Waals surface area contributed by atoms with Gasteiger partial charge in [0.05, 0.1) is 15.5 Å². The molecule has 2 aromatic rings. The lowest BCUT2D eigenvalue weighted by Gasteiger charge is -2.13. The molecule has 26 heavy (non-hydrogen) atoms. The first-order valence-corrected chi connectivity index (χ1v) is 9.38. The first-order chi connectivity index (χ1) is 12.0. The van der Waals surface area contributed by atoms with E-state index in [0.29, 0.717) is 22.3 Å². The van der Waals surface area contributed by atoms with Crippen molar-refractivity contribution in [2.75, 3.05) is 11.6 Å². The van der Waals surface area contributed by atoms with Crippen LogP contribution in [0.2, 0.25) is 10.0 Å². The molecule has 1 N–H and O–H groups in total. The summed E-state index contributed by atoms with van der Waals surface area (Å²) < 4.78 is 50.1. The summed E-state index contributed by atoms with van der Waals surface area (Å²) in [5.74, 6) is 0.157. The van der Waals surface area contributed by atoms with Crippen molar-refractivity contribution in [1.29, 1.82) is 0 Å². The quantitative estimate of drug-likeness (QED) is 0.502.